The predicted octanol–water partition coefficient (Wildman–Crippen LogP) is 4.33. The molecular formula is C20H31NO2. The smallest absolute Gasteiger partial charge is 0.119 e. The molecule has 1 saturated carbocycles. The molecule has 5 atom stereocenters. The number of hydrogen-bond acceptors (Lipinski definition) is 3. The van der Waals surface area contributed by atoms with Crippen molar-refractivity contribution >= 4 is 0 Å². The van der Waals surface area contributed by atoms with Gasteiger partial charge in [-0.1, -0.05) is 19.1 Å². The number of benzene rings is 1. The van der Waals surface area contributed by atoms with E-state index in [0.717, 1.165) is 31.1 Å². The Morgan fingerprint density at radius 2 is 1.96 bits per heavy atom. The molecule has 0 aromatic heterocycles. The molecule has 23 heavy (non-hydrogen) atoms. The highest BCUT2D eigenvalue weighted by molar-refractivity contribution is 5.29. The quantitative estimate of drug-likeness (QED) is 0.877. The van der Waals surface area contributed by atoms with Crippen LogP contribution in [0.4, 0.5) is 0 Å². The van der Waals surface area contributed by atoms with Gasteiger partial charge in [-0.2, -0.15) is 0 Å². The number of ether oxygens (including phenoxy) is 2. The van der Waals surface area contributed by atoms with Gasteiger partial charge in [-0.15, -0.1) is 0 Å². The van der Waals surface area contributed by atoms with Crippen LogP contribution in [0.3, 0.4) is 0 Å². The molecule has 1 aliphatic heterocycles. The maximum Gasteiger partial charge on any atom is 0.119 e. The maximum atomic E-state index is 6.26. The minimum atomic E-state index is 0.352. The van der Waals surface area contributed by atoms with Crippen LogP contribution in [0.5, 0.6) is 5.75 Å². The van der Waals surface area contributed by atoms with E-state index in [4.69, 9.17) is 9.47 Å². The van der Waals surface area contributed by atoms with Crippen LogP contribution in [-0.4, -0.2) is 25.9 Å². The summed E-state index contributed by atoms with van der Waals surface area (Å²) in [6.07, 6.45) is 6.75. The van der Waals surface area contributed by atoms with Crippen molar-refractivity contribution in [3.63, 3.8) is 0 Å². The number of nitrogens with one attached hydrogen (secondary N) is 1. The lowest BCUT2D eigenvalue weighted by Gasteiger charge is -2.41. The minimum absolute atomic E-state index is 0.352. The summed E-state index contributed by atoms with van der Waals surface area (Å²) in [6, 6.07) is 9.07. The summed E-state index contributed by atoms with van der Waals surface area (Å²) in [5.74, 6) is 2.55. The normalized spacial score (nSPS) is 32.1. The molecule has 0 spiro atoms. The Morgan fingerprint density at radius 3 is 2.65 bits per heavy atom. The first-order valence-electron chi connectivity index (χ1n) is 9.25. The lowest BCUT2D eigenvalue weighted by Crippen LogP contribution is -2.39. The zero-order valence-corrected chi connectivity index (χ0v) is 14.8. The van der Waals surface area contributed by atoms with Crippen LogP contribution in [0.15, 0.2) is 24.3 Å². The molecule has 0 bridgehead atoms. The molecule has 1 aromatic rings. The fourth-order valence-electron chi connectivity index (χ4n) is 4.27. The van der Waals surface area contributed by atoms with Gasteiger partial charge in [0, 0.05) is 6.04 Å². The second-order valence-electron chi connectivity index (χ2n) is 7.27. The van der Waals surface area contributed by atoms with Crippen LogP contribution in [0.2, 0.25) is 0 Å². The van der Waals surface area contributed by atoms with Crippen LogP contribution in [-0.2, 0) is 4.74 Å². The van der Waals surface area contributed by atoms with Crippen LogP contribution < -0.4 is 10.1 Å². The number of fused-ring (bicyclic) bond motifs is 1. The van der Waals surface area contributed by atoms with Crippen LogP contribution in [0, 0.1) is 11.8 Å². The Kier molecular flexibility index (Phi) is 5.60. The Bertz CT molecular complexity index is 483. The second-order valence-corrected chi connectivity index (χ2v) is 7.27. The predicted molar refractivity (Wildman–Crippen MR) is 93.8 cm³/mol. The summed E-state index contributed by atoms with van der Waals surface area (Å²) in [5.41, 5.74) is 1.33. The van der Waals surface area contributed by atoms with Gasteiger partial charge in [-0.05, 0) is 75.6 Å². The molecule has 1 heterocycles. The van der Waals surface area contributed by atoms with E-state index < -0.39 is 0 Å². The van der Waals surface area contributed by atoms with Crippen LogP contribution in [0.25, 0.3) is 0 Å². The van der Waals surface area contributed by atoms with E-state index in [2.05, 4.69) is 43.4 Å². The summed E-state index contributed by atoms with van der Waals surface area (Å²) in [5, 5.41) is 3.35. The Morgan fingerprint density at radius 1 is 1.17 bits per heavy atom. The van der Waals surface area contributed by atoms with Crippen molar-refractivity contribution in [1.29, 1.82) is 0 Å². The van der Waals surface area contributed by atoms with E-state index >= 15 is 0 Å². The van der Waals surface area contributed by atoms with Gasteiger partial charge in [-0.3, -0.25) is 0 Å². The van der Waals surface area contributed by atoms with Gasteiger partial charge in [0.15, 0.2) is 0 Å². The van der Waals surface area contributed by atoms with E-state index in [9.17, 15) is 0 Å². The molecule has 2 aliphatic rings. The molecule has 3 rings (SSSR count). The molecule has 0 radical (unpaired) electrons. The molecular weight excluding hydrogens is 286 g/mol. The van der Waals surface area contributed by atoms with Crippen molar-refractivity contribution in [2.24, 2.45) is 11.8 Å². The number of hydrogen-bond donors (Lipinski definition) is 1. The van der Waals surface area contributed by atoms with E-state index in [0.29, 0.717) is 24.2 Å². The van der Waals surface area contributed by atoms with Gasteiger partial charge in [0.05, 0.1) is 18.8 Å². The highest BCUT2D eigenvalue weighted by Gasteiger charge is 2.35. The van der Waals surface area contributed by atoms with Crippen molar-refractivity contribution < 1.29 is 9.47 Å². The van der Waals surface area contributed by atoms with Crippen molar-refractivity contribution in [1.82, 2.24) is 5.32 Å². The monoisotopic (exact) mass is 317 g/mol. The van der Waals surface area contributed by atoms with Crippen molar-refractivity contribution in [3.05, 3.63) is 29.8 Å². The van der Waals surface area contributed by atoms with E-state index in [1.807, 2.05) is 7.05 Å². The first kappa shape index (κ1) is 16.8. The molecule has 3 heteroatoms. The fourth-order valence-corrected chi connectivity index (χ4v) is 4.27. The zero-order chi connectivity index (χ0) is 16.2. The summed E-state index contributed by atoms with van der Waals surface area (Å²) in [7, 11) is 2.02. The van der Waals surface area contributed by atoms with Gasteiger partial charge in [0.1, 0.15) is 5.75 Å². The average molecular weight is 317 g/mol. The van der Waals surface area contributed by atoms with E-state index in [-0.39, 0.29) is 0 Å². The molecule has 1 N–H and O–H groups in total. The number of rotatable bonds is 5. The van der Waals surface area contributed by atoms with Crippen LogP contribution >= 0.6 is 0 Å². The molecule has 1 saturated heterocycles. The van der Waals surface area contributed by atoms with Gasteiger partial charge in [0.25, 0.3) is 0 Å². The zero-order valence-electron chi connectivity index (χ0n) is 14.8. The summed E-state index contributed by atoms with van der Waals surface area (Å²) >= 11 is 0. The fraction of sp³-hybridized carbons (Fsp3) is 0.700. The molecule has 1 aromatic carbocycles. The van der Waals surface area contributed by atoms with Crippen molar-refractivity contribution in [2.75, 3.05) is 13.7 Å². The van der Waals surface area contributed by atoms with Gasteiger partial charge < -0.3 is 14.8 Å². The molecule has 3 nitrogen and oxygen atoms in total. The first-order valence-corrected chi connectivity index (χ1v) is 9.25. The lowest BCUT2D eigenvalue weighted by molar-refractivity contribution is -0.0680. The summed E-state index contributed by atoms with van der Waals surface area (Å²) in [6.45, 7) is 5.33. The SMILES string of the molecule is CCC(NC)c1ccc(OC2CCC3CC(C)OCC3C2)cc1. The van der Waals surface area contributed by atoms with E-state index in [1.54, 1.807) is 0 Å². The average Bonchev–Trinajstić information content (AvgIpc) is 2.57. The first-order chi connectivity index (χ1) is 11.2. The third kappa shape index (κ3) is 4.07. The largest absolute Gasteiger partial charge is 0.490 e. The molecule has 1 aliphatic carbocycles. The van der Waals surface area contributed by atoms with Crippen molar-refractivity contribution in [3.8, 4) is 5.75 Å². The van der Waals surface area contributed by atoms with Crippen molar-refractivity contribution in [2.45, 2.75) is 64.2 Å². The topological polar surface area (TPSA) is 30.5 Å². The lowest BCUT2D eigenvalue weighted by atomic mass is 9.74. The third-order valence-electron chi connectivity index (χ3n) is 5.66. The highest BCUT2D eigenvalue weighted by Crippen LogP contribution is 2.38. The second kappa shape index (κ2) is 7.67. The van der Waals surface area contributed by atoms with Gasteiger partial charge in [-0.25, -0.2) is 0 Å². The Hall–Kier alpha value is -1.06. The van der Waals surface area contributed by atoms with Gasteiger partial charge in [0.2, 0.25) is 0 Å². The summed E-state index contributed by atoms with van der Waals surface area (Å²) in [4.78, 5) is 0. The highest BCUT2D eigenvalue weighted by atomic mass is 16.5. The third-order valence-corrected chi connectivity index (χ3v) is 5.66. The summed E-state index contributed by atoms with van der Waals surface area (Å²) < 4.78 is 12.1. The molecule has 0 amide bonds. The minimum Gasteiger partial charge on any atom is -0.490 e. The molecule has 2 fully saturated rings. The standard InChI is InChI=1S/C20H31NO2/c1-4-20(21-3)15-5-8-18(9-6-15)23-19-10-7-16-11-14(2)22-13-17(16)12-19/h5-6,8-9,14,16-17,19-21H,4,7,10-13H2,1-3H3. The van der Waals surface area contributed by atoms with E-state index in [1.165, 1.54) is 24.8 Å². The maximum absolute atomic E-state index is 6.26. The Labute approximate surface area is 140 Å². The Balaban J connectivity index is 1.55. The van der Waals surface area contributed by atoms with Gasteiger partial charge >= 0.3 is 0 Å². The molecule has 128 valence electrons. The molecule has 5 unspecified atom stereocenters. The van der Waals surface area contributed by atoms with Crippen LogP contribution in [0.1, 0.15) is 57.6 Å².